The number of hydrogen-bond acceptors (Lipinski definition) is 3. The van der Waals surface area contributed by atoms with Crippen LogP contribution in [-0.2, 0) is 6.18 Å². The predicted molar refractivity (Wildman–Crippen MR) is 69.3 cm³/mol. The Hall–Kier alpha value is -1.72. The minimum Gasteiger partial charge on any atom is -0.371 e. The number of hydrazone groups is 1. The number of benzene rings is 1. The molecule has 6 heteroatoms. The summed E-state index contributed by atoms with van der Waals surface area (Å²) >= 11 is 0. The highest BCUT2D eigenvalue weighted by molar-refractivity contribution is 5.81. The first-order chi connectivity index (χ1) is 9.02. The summed E-state index contributed by atoms with van der Waals surface area (Å²) in [6.07, 6.45) is -0.206. The molecule has 0 radical (unpaired) electrons. The number of rotatable bonds is 2. The molecular weight excluding hydrogens is 255 g/mol. The number of halogens is 3. The van der Waals surface area contributed by atoms with Gasteiger partial charge in [-0.2, -0.15) is 18.3 Å². The van der Waals surface area contributed by atoms with E-state index >= 15 is 0 Å². The van der Waals surface area contributed by atoms with Crippen molar-refractivity contribution in [3.63, 3.8) is 0 Å². The van der Waals surface area contributed by atoms with E-state index in [0.29, 0.717) is 18.7 Å². The quantitative estimate of drug-likeness (QED) is 0.510. The SMILES string of the molecule is NN=Cc1ccc(N2CCCCC2)c(C(F)(F)F)c1. The standard InChI is InChI=1S/C13H16F3N3/c14-13(15,16)11-8-10(9-18-17)4-5-12(11)19-6-2-1-3-7-19/h4-5,8-9H,1-3,6-7,17H2. The van der Waals surface area contributed by atoms with E-state index < -0.39 is 11.7 Å². The van der Waals surface area contributed by atoms with E-state index in [0.717, 1.165) is 25.3 Å². The Morgan fingerprint density at radius 3 is 2.42 bits per heavy atom. The van der Waals surface area contributed by atoms with Gasteiger partial charge in [-0.1, -0.05) is 6.07 Å². The van der Waals surface area contributed by atoms with E-state index in [4.69, 9.17) is 5.84 Å². The van der Waals surface area contributed by atoms with Crippen molar-refractivity contribution in [2.75, 3.05) is 18.0 Å². The third-order valence-corrected chi connectivity index (χ3v) is 3.25. The summed E-state index contributed by atoms with van der Waals surface area (Å²) in [5.74, 6) is 4.98. The Morgan fingerprint density at radius 2 is 1.84 bits per heavy atom. The molecule has 2 rings (SSSR count). The van der Waals surface area contributed by atoms with Crippen LogP contribution in [0, 0.1) is 0 Å². The molecule has 1 aliphatic heterocycles. The van der Waals surface area contributed by atoms with Crippen molar-refractivity contribution in [2.24, 2.45) is 10.9 Å². The maximum atomic E-state index is 13.1. The molecule has 19 heavy (non-hydrogen) atoms. The molecule has 1 aromatic rings. The van der Waals surface area contributed by atoms with E-state index in [2.05, 4.69) is 5.10 Å². The van der Waals surface area contributed by atoms with Crippen LogP contribution in [0.2, 0.25) is 0 Å². The summed E-state index contributed by atoms with van der Waals surface area (Å²) in [7, 11) is 0. The predicted octanol–water partition coefficient (Wildman–Crippen LogP) is 2.99. The maximum absolute atomic E-state index is 13.1. The molecule has 0 spiro atoms. The van der Waals surface area contributed by atoms with Crippen LogP contribution in [0.1, 0.15) is 30.4 Å². The van der Waals surface area contributed by atoms with Gasteiger partial charge in [0.25, 0.3) is 0 Å². The van der Waals surface area contributed by atoms with Crippen molar-refractivity contribution >= 4 is 11.9 Å². The third kappa shape index (κ3) is 3.19. The Labute approximate surface area is 109 Å². The van der Waals surface area contributed by atoms with Gasteiger partial charge in [0.1, 0.15) is 0 Å². The minimum atomic E-state index is -4.37. The van der Waals surface area contributed by atoms with E-state index in [9.17, 15) is 13.2 Å². The summed E-state index contributed by atoms with van der Waals surface area (Å²) in [6, 6.07) is 4.21. The zero-order chi connectivity index (χ0) is 13.9. The second-order valence-corrected chi connectivity index (χ2v) is 4.60. The molecule has 0 aromatic heterocycles. The highest BCUT2D eigenvalue weighted by atomic mass is 19.4. The number of anilines is 1. The van der Waals surface area contributed by atoms with Crippen molar-refractivity contribution in [2.45, 2.75) is 25.4 Å². The van der Waals surface area contributed by atoms with Crippen molar-refractivity contribution in [3.05, 3.63) is 29.3 Å². The van der Waals surface area contributed by atoms with Gasteiger partial charge in [0.2, 0.25) is 0 Å². The van der Waals surface area contributed by atoms with Crippen molar-refractivity contribution < 1.29 is 13.2 Å². The van der Waals surface area contributed by atoms with Gasteiger partial charge in [-0.3, -0.25) is 0 Å². The van der Waals surface area contributed by atoms with Gasteiger partial charge in [0.05, 0.1) is 11.8 Å². The highest BCUT2D eigenvalue weighted by Gasteiger charge is 2.35. The van der Waals surface area contributed by atoms with Crippen LogP contribution in [0.4, 0.5) is 18.9 Å². The number of nitrogens with zero attached hydrogens (tertiary/aromatic N) is 2. The second kappa shape index (κ2) is 5.50. The average Bonchev–Trinajstić information content (AvgIpc) is 2.39. The summed E-state index contributed by atoms with van der Waals surface area (Å²) in [6.45, 7) is 1.35. The number of alkyl halides is 3. The Morgan fingerprint density at radius 1 is 1.16 bits per heavy atom. The van der Waals surface area contributed by atoms with Crippen LogP contribution >= 0.6 is 0 Å². The summed E-state index contributed by atoms with van der Waals surface area (Å²) < 4.78 is 39.4. The fourth-order valence-corrected chi connectivity index (χ4v) is 2.36. The van der Waals surface area contributed by atoms with Crippen molar-refractivity contribution in [1.82, 2.24) is 0 Å². The monoisotopic (exact) mass is 271 g/mol. The third-order valence-electron chi connectivity index (χ3n) is 3.25. The molecule has 0 aliphatic carbocycles. The molecule has 0 bridgehead atoms. The summed E-state index contributed by atoms with van der Waals surface area (Å²) in [5.41, 5.74) is -0.0104. The molecule has 0 saturated carbocycles. The van der Waals surface area contributed by atoms with Crippen LogP contribution in [0.25, 0.3) is 0 Å². The number of hydrogen-bond donors (Lipinski definition) is 1. The van der Waals surface area contributed by atoms with E-state index in [1.54, 1.807) is 11.0 Å². The van der Waals surface area contributed by atoms with Gasteiger partial charge in [0, 0.05) is 18.8 Å². The molecule has 1 saturated heterocycles. The normalized spacial score (nSPS) is 17.1. The molecule has 1 aliphatic rings. The van der Waals surface area contributed by atoms with Gasteiger partial charge in [-0.15, -0.1) is 0 Å². The van der Waals surface area contributed by atoms with Gasteiger partial charge >= 0.3 is 6.18 Å². The zero-order valence-corrected chi connectivity index (χ0v) is 10.5. The lowest BCUT2D eigenvalue weighted by molar-refractivity contribution is -0.137. The van der Waals surface area contributed by atoms with Gasteiger partial charge in [0.15, 0.2) is 0 Å². The average molecular weight is 271 g/mol. The van der Waals surface area contributed by atoms with Gasteiger partial charge < -0.3 is 10.7 Å². The Kier molecular flexibility index (Phi) is 3.97. The van der Waals surface area contributed by atoms with Crippen LogP contribution in [0.3, 0.4) is 0 Å². The van der Waals surface area contributed by atoms with Crippen molar-refractivity contribution in [1.29, 1.82) is 0 Å². The lowest BCUT2D eigenvalue weighted by Crippen LogP contribution is -2.31. The van der Waals surface area contributed by atoms with Crippen LogP contribution in [-0.4, -0.2) is 19.3 Å². The molecule has 1 fully saturated rings. The molecule has 3 nitrogen and oxygen atoms in total. The molecule has 104 valence electrons. The molecule has 1 heterocycles. The smallest absolute Gasteiger partial charge is 0.371 e. The first-order valence-electron chi connectivity index (χ1n) is 6.22. The summed E-state index contributed by atoms with van der Waals surface area (Å²) in [5, 5.41) is 3.27. The number of nitrogens with two attached hydrogens (primary N) is 1. The fourth-order valence-electron chi connectivity index (χ4n) is 2.36. The topological polar surface area (TPSA) is 41.6 Å². The highest BCUT2D eigenvalue weighted by Crippen LogP contribution is 2.37. The second-order valence-electron chi connectivity index (χ2n) is 4.60. The Balaban J connectivity index is 2.41. The largest absolute Gasteiger partial charge is 0.418 e. The first-order valence-corrected chi connectivity index (χ1v) is 6.22. The minimum absolute atomic E-state index is 0.251. The molecule has 0 unspecified atom stereocenters. The maximum Gasteiger partial charge on any atom is 0.418 e. The zero-order valence-electron chi connectivity index (χ0n) is 10.5. The first kappa shape index (κ1) is 13.7. The molecule has 0 atom stereocenters. The molecule has 1 aromatic carbocycles. The number of piperidine rings is 1. The molecule has 0 amide bonds. The molecular formula is C13H16F3N3. The van der Waals surface area contributed by atoms with Gasteiger partial charge in [-0.05, 0) is 37.0 Å². The van der Waals surface area contributed by atoms with Crippen LogP contribution < -0.4 is 10.7 Å². The lowest BCUT2D eigenvalue weighted by atomic mass is 10.0. The molecule has 2 N–H and O–H groups in total. The van der Waals surface area contributed by atoms with E-state index in [1.807, 2.05) is 0 Å². The fraction of sp³-hybridized carbons (Fsp3) is 0.462. The Bertz CT molecular complexity index is 463. The van der Waals surface area contributed by atoms with E-state index in [-0.39, 0.29) is 5.69 Å². The summed E-state index contributed by atoms with van der Waals surface area (Å²) in [4.78, 5) is 1.80. The van der Waals surface area contributed by atoms with E-state index in [1.165, 1.54) is 12.3 Å². The van der Waals surface area contributed by atoms with Crippen molar-refractivity contribution in [3.8, 4) is 0 Å². The van der Waals surface area contributed by atoms with Gasteiger partial charge in [-0.25, -0.2) is 0 Å². The van der Waals surface area contributed by atoms with Crippen LogP contribution in [0.15, 0.2) is 23.3 Å². The lowest BCUT2D eigenvalue weighted by Gasteiger charge is -2.31. The van der Waals surface area contributed by atoms with Crippen LogP contribution in [0.5, 0.6) is 0 Å².